The first-order chi connectivity index (χ1) is 13.2. The van der Waals surface area contributed by atoms with Crippen molar-refractivity contribution in [2.24, 2.45) is 10.4 Å². The van der Waals surface area contributed by atoms with Crippen LogP contribution in [-0.2, 0) is 17.6 Å². The molecule has 1 unspecified atom stereocenters. The predicted octanol–water partition coefficient (Wildman–Crippen LogP) is 4.57. The number of Topliss-reactive ketones (excluding diaryl/α,β-unsaturated/α-hetero) is 2. The van der Waals surface area contributed by atoms with E-state index in [0.29, 0.717) is 54.0 Å². The average molecular weight is 386 g/mol. The van der Waals surface area contributed by atoms with E-state index in [1.165, 1.54) is 0 Å². The number of aromatic nitrogens is 1. The molecule has 2 aliphatic rings. The van der Waals surface area contributed by atoms with E-state index in [9.17, 15) is 14.7 Å². The van der Waals surface area contributed by atoms with Gasteiger partial charge in [0.05, 0.1) is 16.8 Å². The van der Waals surface area contributed by atoms with Gasteiger partial charge >= 0.3 is 0 Å². The first-order valence-corrected chi connectivity index (χ1v) is 10.2. The summed E-state index contributed by atoms with van der Waals surface area (Å²) in [6, 6.07) is 0.0969. The molecule has 28 heavy (non-hydrogen) atoms. The fourth-order valence-corrected chi connectivity index (χ4v) is 4.00. The highest BCUT2D eigenvalue weighted by molar-refractivity contribution is 6.24. The van der Waals surface area contributed by atoms with Crippen LogP contribution >= 0.6 is 0 Å². The SMILES string of the molecule is CCC(C)N=C1CC(C)(C)CC(=O)/C1=C(\O)CCc1noc2c1C(=O)CCC2. The molecular weight excluding hydrogens is 356 g/mol. The second-order valence-electron chi connectivity index (χ2n) is 8.80. The van der Waals surface area contributed by atoms with Gasteiger partial charge in [-0.3, -0.25) is 14.6 Å². The fraction of sp³-hybridized carbons (Fsp3) is 0.636. The van der Waals surface area contributed by atoms with E-state index in [0.717, 1.165) is 19.3 Å². The number of aliphatic hydroxyl groups is 1. The summed E-state index contributed by atoms with van der Waals surface area (Å²) in [5, 5.41) is 14.8. The van der Waals surface area contributed by atoms with Crippen LogP contribution in [0.1, 0.15) is 88.0 Å². The Morgan fingerprint density at radius 2 is 2.00 bits per heavy atom. The molecule has 1 N–H and O–H groups in total. The van der Waals surface area contributed by atoms with Gasteiger partial charge in [-0.2, -0.15) is 0 Å². The van der Waals surface area contributed by atoms with E-state index in [2.05, 4.69) is 25.9 Å². The zero-order valence-corrected chi connectivity index (χ0v) is 17.3. The lowest BCUT2D eigenvalue weighted by Crippen LogP contribution is -2.33. The summed E-state index contributed by atoms with van der Waals surface area (Å²) in [7, 11) is 0. The van der Waals surface area contributed by atoms with Crippen molar-refractivity contribution >= 4 is 17.3 Å². The van der Waals surface area contributed by atoms with Crippen LogP contribution < -0.4 is 0 Å². The maximum absolute atomic E-state index is 12.8. The van der Waals surface area contributed by atoms with Crippen molar-refractivity contribution in [1.82, 2.24) is 5.16 Å². The first-order valence-electron chi connectivity index (χ1n) is 10.2. The van der Waals surface area contributed by atoms with Crippen LogP contribution in [0.25, 0.3) is 0 Å². The van der Waals surface area contributed by atoms with E-state index in [1.807, 2.05) is 6.92 Å². The van der Waals surface area contributed by atoms with Gasteiger partial charge in [-0.05, 0) is 31.6 Å². The molecule has 6 nitrogen and oxygen atoms in total. The highest BCUT2D eigenvalue weighted by Gasteiger charge is 2.36. The van der Waals surface area contributed by atoms with Gasteiger partial charge in [0.1, 0.15) is 11.5 Å². The van der Waals surface area contributed by atoms with Gasteiger partial charge in [0.15, 0.2) is 11.6 Å². The van der Waals surface area contributed by atoms with Crippen molar-refractivity contribution in [1.29, 1.82) is 0 Å². The van der Waals surface area contributed by atoms with Gasteiger partial charge in [0.2, 0.25) is 0 Å². The maximum Gasteiger partial charge on any atom is 0.168 e. The summed E-state index contributed by atoms with van der Waals surface area (Å²) >= 11 is 0. The number of allylic oxidation sites excluding steroid dienone is 2. The predicted molar refractivity (Wildman–Crippen MR) is 107 cm³/mol. The minimum atomic E-state index is -0.162. The molecule has 0 saturated heterocycles. The van der Waals surface area contributed by atoms with Crippen LogP contribution in [0.4, 0.5) is 0 Å². The van der Waals surface area contributed by atoms with Crippen molar-refractivity contribution in [3.63, 3.8) is 0 Å². The van der Waals surface area contributed by atoms with E-state index in [-0.39, 0.29) is 35.2 Å². The Kier molecular flexibility index (Phi) is 5.87. The van der Waals surface area contributed by atoms with Crippen LogP contribution in [0.15, 0.2) is 20.8 Å². The molecular formula is C22H30N2O4. The Bertz CT molecular complexity index is 845. The Hall–Kier alpha value is -2.24. The van der Waals surface area contributed by atoms with Gasteiger partial charge < -0.3 is 9.63 Å². The first kappa shape index (κ1) is 20.5. The van der Waals surface area contributed by atoms with Crippen LogP contribution in [0.2, 0.25) is 0 Å². The summed E-state index contributed by atoms with van der Waals surface area (Å²) < 4.78 is 5.31. The lowest BCUT2D eigenvalue weighted by Gasteiger charge is -2.32. The Morgan fingerprint density at radius 3 is 2.71 bits per heavy atom. The largest absolute Gasteiger partial charge is 0.511 e. The summed E-state index contributed by atoms with van der Waals surface area (Å²) in [6.45, 7) is 8.18. The lowest BCUT2D eigenvalue weighted by molar-refractivity contribution is -0.117. The van der Waals surface area contributed by atoms with Crippen molar-refractivity contribution in [3.8, 4) is 0 Å². The number of hydrogen-bond acceptors (Lipinski definition) is 6. The van der Waals surface area contributed by atoms with Crippen molar-refractivity contribution < 1.29 is 19.2 Å². The second kappa shape index (κ2) is 8.02. The van der Waals surface area contributed by atoms with Crippen LogP contribution in [0.3, 0.4) is 0 Å². The van der Waals surface area contributed by atoms with Crippen LogP contribution in [-0.4, -0.2) is 33.6 Å². The molecule has 0 aromatic carbocycles. The molecule has 1 aromatic heterocycles. The van der Waals surface area contributed by atoms with E-state index in [1.54, 1.807) is 0 Å². The molecule has 2 aliphatic carbocycles. The zero-order valence-electron chi connectivity index (χ0n) is 17.3. The standard InChI is InChI=1S/C22H30N2O4/c1-5-13(2)23-15-11-22(3,4)12-18(27)20(15)17(26)10-9-14-21-16(25)7-6-8-19(21)28-24-14/h13,26H,5-12H2,1-4H3/b20-17-,23-15?. The molecule has 0 amide bonds. The number of carbonyl (C=O) groups is 2. The number of ketones is 2. The second-order valence-corrected chi connectivity index (χ2v) is 8.80. The number of hydrogen-bond donors (Lipinski definition) is 1. The van der Waals surface area contributed by atoms with Gasteiger partial charge in [-0.25, -0.2) is 0 Å². The molecule has 6 heteroatoms. The third-order valence-corrected chi connectivity index (χ3v) is 5.63. The van der Waals surface area contributed by atoms with Crippen LogP contribution in [0.5, 0.6) is 0 Å². The number of carbonyl (C=O) groups excluding carboxylic acids is 2. The van der Waals surface area contributed by atoms with Crippen molar-refractivity contribution in [2.75, 3.05) is 0 Å². The highest BCUT2D eigenvalue weighted by Crippen LogP contribution is 2.36. The van der Waals surface area contributed by atoms with Crippen LogP contribution in [0, 0.1) is 5.41 Å². The highest BCUT2D eigenvalue weighted by atomic mass is 16.5. The Morgan fingerprint density at radius 1 is 1.25 bits per heavy atom. The fourth-order valence-electron chi connectivity index (χ4n) is 4.00. The molecule has 1 saturated carbocycles. The quantitative estimate of drug-likeness (QED) is 0.591. The zero-order chi connectivity index (χ0) is 20.5. The van der Waals surface area contributed by atoms with Gasteiger partial charge in [-0.1, -0.05) is 25.9 Å². The molecule has 1 fully saturated rings. The third kappa shape index (κ3) is 4.26. The molecule has 3 rings (SSSR count). The van der Waals surface area contributed by atoms with Crippen molar-refractivity contribution in [2.45, 2.75) is 85.1 Å². The number of nitrogens with zero attached hydrogens (tertiary/aromatic N) is 2. The molecule has 152 valence electrons. The molecule has 1 heterocycles. The van der Waals surface area contributed by atoms with Gasteiger partial charge in [-0.15, -0.1) is 0 Å². The third-order valence-electron chi connectivity index (χ3n) is 5.63. The van der Waals surface area contributed by atoms with Gasteiger partial charge in [0, 0.05) is 43.9 Å². The molecule has 1 atom stereocenters. The molecule has 0 bridgehead atoms. The monoisotopic (exact) mass is 386 g/mol. The Balaban J connectivity index is 1.86. The minimum absolute atomic E-state index is 0.0440. The molecule has 0 spiro atoms. The maximum atomic E-state index is 12.8. The summed E-state index contributed by atoms with van der Waals surface area (Å²) in [5.41, 5.74) is 2.06. The smallest absolute Gasteiger partial charge is 0.168 e. The lowest BCUT2D eigenvalue weighted by atomic mass is 9.73. The molecule has 0 aliphatic heterocycles. The summed E-state index contributed by atoms with van der Waals surface area (Å²) in [4.78, 5) is 29.7. The summed E-state index contributed by atoms with van der Waals surface area (Å²) in [6.07, 6.45) is 4.56. The molecule has 1 aromatic rings. The number of rotatable bonds is 5. The normalized spacial score (nSPS) is 23.6. The summed E-state index contributed by atoms with van der Waals surface area (Å²) in [5.74, 6) is 0.684. The number of aryl methyl sites for hydroxylation is 2. The Labute approximate surface area is 166 Å². The topological polar surface area (TPSA) is 92.8 Å². The van der Waals surface area contributed by atoms with E-state index in [4.69, 9.17) is 9.52 Å². The minimum Gasteiger partial charge on any atom is -0.511 e. The average Bonchev–Trinajstić information content (AvgIpc) is 3.03. The van der Waals surface area contributed by atoms with Crippen molar-refractivity contribution in [3.05, 3.63) is 28.3 Å². The number of fused-ring (bicyclic) bond motifs is 1. The number of aliphatic hydroxyl groups excluding tert-OH is 1. The van der Waals surface area contributed by atoms with Gasteiger partial charge in [0.25, 0.3) is 0 Å². The van der Waals surface area contributed by atoms with E-state index < -0.39 is 0 Å². The molecule has 0 radical (unpaired) electrons. The number of aliphatic imine (C=N–C) groups is 1. The van der Waals surface area contributed by atoms with E-state index >= 15 is 0 Å².